The van der Waals surface area contributed by atoms with Gasteiger partial charge in [0.25, 0.3) is 6.10 Å². The van der Waals surface area contributed by atoms with E-state index in [-0.39, 0.29) is 38.1 Å². The Labute approximate surface area is 225 Å². The van der Waals surface area contributed by atoms with E-state index in [1.165, 1.54) is 6.07 Å². The summed E-state index contributed by atoms with van der Waals surface area (Å²) in [5.41, 5.74) is 0.465. The third-order valence-corrected chi connectivity index (χ3v) is 8.04. The minimum Gasteiger partial charge on any atom is -0.426 e. The van der Waals surface area contributed by atoms with Gasteiger partial charge in [0.2, 0.25) is 0 Å². The average molecular weight is 591 g/mol. The normalized spacial score (nSPS) is 21.5. The van der Waals surface area contributed by atoms with Gasteiger partial charge in [0, 0.05) is 58.0 Å². The van der Waals surface area contributed by atoms with Crippen molar-refractivity contribution in [1.29, 1.82) is 0 Å². The van der Waals surface area contributed by atoms with Crippen molar-refractivity contribution in [2.75, 3.05) is 64.3 Å². The molecule has 1 aromatic rings. The van der Waals surface area contributed by atoms with Crippen LogP contribution >= 0.6 is 0 Å². The van der Waals surface area contributed by atoms with Gasteiger partial charge >= 0.3 is 24.6 Å². The largest absolute Gasteiger partial charge is 0.434 e. The zero-order chi connectivity index (χ0) is 29.5. The Balaban J connectivity index is 1.41. The van der Waals surface area contributed by atoms with Gasteiger partial charge in [-0.25, -0.2) is 4.79 Å². The van der Waals surface area contributed by atoms with Crippen molar-refractivity contribution < 1.29 is 49.0 Å². The van der Waals surface area contributed by atoms with Crippen molar-refractivity contribution in [3.05, 3.63) is 29.3 Å². The highest BCUT2D eigenvalue weighted by Gasteiger charge is 2.60. The fraction of sp³-hybridized carbons (Fsp3) is 0.720. The number of carbonyl (C=O) groups is 1. The van der Waals surface area contributed by atoms with Crippen LogP contribution in [0.2, 0.25) is 0 Å². The fourth-order valence-corrected chi connectivity index (χ4v) is 5.78. The molecule has 0 radical (unpaired) electrons. The first-order valence-electron chi connectivity index (χ1n) is 12.9. The molecule has 1 amide bonds. The van der Waals surface area contributed by atoms with Crippen LogP contribution < -0.4 is 4.90 Å². The second kappa shape index (κ2) is 11.1. The number of alkyl halides is 9. The topological polar surface area (TPSA) is 39.3 Å². The van der Waals surface area contributed by atoms with Crippen LogP contribution in [-0.4, -0.2) is 98.7 Å². The van der Waals surface area contributed by atoms with Gasteiger partial charge in [-0.3, -0.25) is 4.90 Å². The highest BCUT2D eigenvalue weighted by Crippen LogP contribution is 2.42. The number of anilines is 1. The van der Waals surface area contributed by atoms with Gasteiger partial charge in [-0.1, -0.05) is 6.07 Å². The number of piperazine rings is 1. The number of hydrogen-bond acceptors (Lipinski definition) is 5. The number of piperidine rings is 1. The van der Waals surface area contributed by atoms with Crippen molar-refractivity contribution in [1.82, 2.24) is 14.7 Å². The van der Waals surface area contributed by atoms with E-state index in [1.807, 2.05) is 4.90 Å². The van der Waals surface area contributed by atoms with E-state index in [2.05, 4.69) is 16.7 Å². The molecule has 1 aromatic carbocycles. The van der Waals surface area contributed by atoms with Gasteiger partial charge in [-0.15, -0.1) is 0 Å². The van der Waals surface area contributed by atoms with Gasteiger partial charge in [0.15, 0.2) is 0 Å². The average Bonchev–Trinajstić information content (AvgIpc) is 3.21. The maximum absolute atomic E-state index is 13.5. The number of rotatable bonds is 4. The van der Waals surface area contributed by atoms with E-state index in [1.54, 1.807) is 4.90 Å². The number of likely N-dealkylation sites (tertiary alicyclic amines) is 1. The molecular weight excluding hydrogens is 559 g/mol. The molecule has 226 valence electrons. The molecule has 0 N–H and O–H groups in total. The number of hydrogen-bond donors (Lipinski definition) is 0. The first-order chi connectivity index (χ1) is 18.5. The van der Waals surface area contributed by atoms with Crippen LogP contribution in [-0.2, 0) is 17.5 Å². The number of nitrogens with zero attached hydrogens (tertiary/aromatic N) is 4. The predicted octanol–water partition coefficient (Wildman–Crippen LogP) is 5.37. The van der Waals surface area contributed by atoms with E-state index in [0.717, 1.165) is 49.4 Å². The summed E-state index contributed by atoms with van der Waals surface area (Å²) in [5, 5.41) is 0. The second-order valence-electron chi connectivity index (χ2n) is 10.9. The second-order valence-corrected chi connectivity index (χ2v) is 10.9. The Kier molecular flexibility index (Phi) is 8.48. The summed E-state index contributed by atoms with van der Waals surface area (Å²) in [7, 11) is 2.05. The number of ether oxygens (including phenoxy) is 1. The summed E-state index contributed by atoms with van der Waals surface area (Å²) in [4.78, 5) is 18.8. The number of benzene rings is 1. The Morgan fingerprint density at radius 3 is 1.95 bits per heavy atom. The first-order valence-corrected chi connectivity index (χ1v) is 12.9. The van der Waals surface area contributed by atoms with Gasteiger partial charge in [-0.2, -0.15) is 39.5 Å². The van der Waals surface area contributed by atoms with Crippen LogP contribution in [0.4, 0.5) is 50.0 Å². The van der Waals surface area contributed by atoms with Crippen LogP contribution in [0.25, 0.3) is 0 Å². The van der Waals surface area contributed by atoms with Gasteiger partial charge in [0.1, 0.15) is 0 Å². The Morgan fingerprint density at radius 1 is 0.875 bits per heavy atom. The first kappa shape index (κ1) is 30.5. The quantitative estimate of drug-likeness (QED) is 0.441. The van der Waals surface area contributed by atoms with Crippen molar-refractivity contribution in [3.8, 4) is 0 Å². The smallest absolute Gasteiger partial charge is 0.426 e. The molecule has 6 nitrogen and oxygen atoms in total. The summed E-state index contributed by atoms with van der Waals surface area (Å²) < 4.78 is 121. The fourth-order valence-electron chi connectivity index (χ4n) is 5.78. The molecule has 4 rings (SSSR count). The molecule has 3 heterocycles. The van der Waals surface area contributed by atoms with Crippen molar-refractivity contribution in [2.45, 2.75) is 50.4 Å². The molecule has 0 aliphatic carbocycles. The number of amides is 1. The SMILES string of the molecule is CN1CCC2(CCN(c3cc(C(F)(F)F)ccc3CN3CCN(C(=O)OC(C(F)(F)F)C(F)(F)F)CC3)CC2)C1. The lowest BCUT2D eigenvalue weighted by atomic mass is 9.77. The maximum atomic E-state index is 13.5. The number of carbonyl (C=O) groups excluding carboxylic acids is 1. The van der Waals surface area contributed by atoms with E-state index in [4.69, 9.17) is 0 Å². The summed E-state index contributed by atoms with van der Waals surface area (Å²) in [6.45, 7) is 3.13. The molecule has 1 spiro atoms. The molecule has 0 bridgehead atoms. The minimum absolute atomic E-state index is 0.0910. The van der Waals surface area contributed by atoms with Crippen LogP contribution in [0.5, 0.6) is 0 Å². The van der Waals surface area contributed by atoms with Crippen LogP contribution in [0.15, 0.2) is 18.2 Å². The summed E-state index contributed by atoms with van der Waals surface area (Å²) in [6, 6.07) is 3.54. The third-order valence-electron chi connectivity index (χ3n) is 8.04. The molecule has 40 heavy (non-hydrogen) atoms. The van der Waals surface area contributed by atoms with Gasteiger partial charge in [0.05, 0.1) is 5.56 Å². The predicted molar refractivity (Wildman–Crippen MR) is 127 cm³/mol. The molecule has 0 unspecified atom stereocenters. The zero-order valence-corrected chi connectivity index (χ0v) is 21.8. The van der Waals surface area contributed by atoms with Crippen LogP contribution in [0, 0.1) is 5.41 Å². The highest BCUT2D eigenvalue weighted by molar-refractivity contribution is 5.68. The van der Waals surface area contributed by atoms with E-state index >= 15 is 0 Å². The van der Waals surface area contributed by atoms with Crippen LogP contribution in [0.3, 0.4) is 0 Å². The lowest BCUT2D eigenvalue weighted by Gasteiger charge is -2.41. The molecule has 3 saturated heterocycles. The van der Waals surface area contributed by atoms with Crippen molar-refractivity contribution in [2.24, 2.45) is 5.41 Å². The lowest BCUT2D eigenvalue weighted by Crippen LogP contribution is -2.52. The Morgan fingerprint density at radius 2 is 1.45 bits per heavy atom. The molecule has 0 saturated carbocycles. The Hall–Kier alpha value is -2.42. The molecule has 3 aliphatic rings. The molecular formula is C25H31F9N4O2. The monoisotopic (exact) mass is 590 g/mol. The lowest BCUT2D eigenvalue weighted by molar-refractivity contribution is -0.308. The third kappa shape index (κ3) is 7.07. The van der Waals surface area contributed by atoms with Crippen molar-refractivity contribution in [3.63, 3.8) is 0 Å². The summed E-state index contributed by atoms with van der Waals surface area (Å²) in [5.74, 6) is 0. The van der Waals surface area contributed by atoms with Gasteiger partial charge < -0.3 is 19.4 Å². The standard InChI is InChI=1S/C25H31F9N4O2/c1-35-7-4-22(16-35)5-8-37(9-6-22)19-14-18(23(26,27)28)3-2-17(19)15-36-10-12-38(13-11-36)21(39)40-20(24(29,30)31)25(32,33)34/h2-3,14,20H,4-13,15-16H2,1H3. The molecule has 3 fully saturated rings. The van der Waals surface area contributed by atoms with Gasteiger partial charge in [-0.05, 0) is 56.0 Å². The highest BCUT2D eigenvalue weighted by atomic mass is 19.4. The molecule has 15 heteroatoms. The minimum atomic E-state index is -5.81. The Bertz CT molecular complexity index is 1030. The molecule has 3 aliphatic heterocycles. The number of halogens is 9. The van der Waals surface area contributed by atoms with Crippen molar-refractivity contribution >= 4 is 11.8 Å². The summed E-state index contributed by atoms with van der Waals surface area (Å²) in [6.07, 6.45) is -19.4. The zero-order valence-electron chi connectivity index (χ0n) is 21.8. The van der Waals surface area contributed by atoms with E-state index < -0.39 is 36.3 Å². The van der Waals surface area contributed by atoms with E-state index in [0.29, 0.717) is 24.3 Å². The molecule has 0 aromatic heterocycles. The maximum Gasteiger partial charge on any atom is 0.434 e. The van der Waals surface area contributed by atoms with E-state index in [9.17, 15) is 44.3 Å². The van der Waals surface area contributed by atoms with Crippen LogP contribution in [0.1, 0.15) is 30.4 Å². The molecule has 0 atom stereocenters. The summed E-state index contributed by atoms with van der Waals surface area (Å²) >= 11 is 0.